The molecular formula is C19H37N. The molecule has 0 saturated heterocycles. The van der Waals surface area contributed by atoms with Gasteiger partial charge in [0, 0.05) is 12.6 Å². The van der Waals surface area contributed by atoms with Crippen LogP contribution in [0.1, 0.15) is 91.9 Å². The molecular weight excluding hydrogens is 242 g/mol. The third-order valence-corrected chi connectivity index (χ3v) is 6.92. The number of nitrogens with one attached hydrogen (secondary N) is 1. The van der Waals surface area contributed by atoms with Crippen LogP contribution in [0, 0.1) is 16.7 Å². The molecule has 2 fully saturated rings. The quantitative estimate of drug-likeness (QED) is 0.673. The number of hydrogen-bond donors (Lipinski definition) is 1. The maximum Gasteiger partial charge on any atom is 0.00675 e. The molecule has 0 atom stereocenters. The second kappa shape index (κ2) is 6.81. The van der Waals surface area contributed by atoms with E-state index in [-0.39, 0.29) is 0 Å². The summed E-state index contributed by atoms with van der Waals surface area (Å²) < 4.78 is 0. The lowest BCUT2D eigenvalue weighted by Gasteiger charge is -2.40. The van der Waals surface area contributed by atoms with Crippen molar-refractivity contribution in [2.75, 3.05) is 6.54 Å². The molecule has 2 saturated carbocycles. The molecule has 0 aromatic carbocycles. The molecule has 0 aliphatic heterocycles. The standard InChI is InChI=1S/C19H37N/c1-5-18(3,4)16-9-11-17(12-10-16)20-15-19(6-2)13-7-8-14-19/h16-17,20H,5-15H2,1-4H3. The molecule has 0 amide bonds. The van der Waals surface area contributed by atoms with E-state index in [1.165, 1.54) is 70.8 Å². The van der Waals surface area contributed by atoms with Crippen molar-refractivity contribution >= 4 is 0 Å². The van der Waals surface area contributed by atoms with Crippen LogP contribution in [0.5, 0.6) is 0 Å². The van der Waals surface area contributed by atoms with Crippen LogP contribution in [0.25, 0.3) is 0 Å². The Morgan fingerprint density at radius 1 is 1.00 bits per heavy atom. The van der Waals surface area contributed by atoms with E-state index in [1.807, 2.05) is 0 Å². The minimum absolute atomic E-state index is 0.557. The lowest BCUT2D eigenvalue weighted by molar-refractivity contribution is 0.131. The fourth-order valence-corrected chi connectivity index (χ4v) is 4.51. The Balaban J connectivity index is 1.74. The van der Waals surface area contributed by atoms with Gasteiger partial charge in [-0.25, -0.2) is 0 Å². The van der Waals surface area contributed by atoms with Gasteiger partial charge in [-0.05, 0) is 61.7 Å². The maximum atomic E-state index is 3.95. The summed E-state index contributed by atoms with van der Waals surface area (Å²) in [7, 11) is 0. The van der Waals surface area contributed by atoms with E-state index >= 15 is 0 Å². The fraction of sp³-hybridized carbons (Fsp3) is 1.00. The molecule has 0 aromatic heterocycles. The van der Waals surface area contributed by atoms with Crippen molar-refractivity contribution < 1.29 is 0 Å². The molecule has 2 rings (SSSR count). The predicted octanol–water partition coefficient (Wildman–Crippen LogP) is 5.54. The van der Waals surface area contributed by atoms with Crippen LogP contribution in [-0.4, -0.2) is 12.6 Å². The SMILES string of the molecule is CCC1(CNC2CCC(C(C)(C)CC)CC2)CCCC1. The highest BCUT2D eigenvalue weighted by atomic mass is 14.9. The van der Waals surface area contributed by atoms with Crippen LogP contribution in [0.4, 0.5) is 0 Å². The van der Waals surface area contributed by atoms with Gasteiger partial charge in [-0.1, -0.05) is 47.0 Å². The lowest BCUT2D eigenvalue weighted by atomic mass is 9.69. The molecule has 1 N–H and O–H groups in total. The second-order valence-corrected chi connectivity index (χ2v) is 8.33. The summed E-state index contributed by atoms with van der Waals surface area (Å²) in [6, 6.07) is 0.808. The predicted molar refractivity (Wildman–Crippen MR) is 89.0 cm³/mol. The molecule has 2 aliphatic rings. The highest BCUT2D eigenvalue weighted by Crippen LogP contribution is 2.42. The molecule has 1 heteroatoms. The van der Waals surface area contributed by atoms with Crippen LogP contribution in [0.3, 0.4) is 0 Å². The van der Waals surface area contributed by atoms with Crippen molar-refractivity contribution in [3.05, 3.63) is 0 Å². The van der Waals surface area contributed by atoms with Gasteiger partial charge in [0.2, 0.25) is 0 Å². The summed E-state index contributed by atoms with van der Waals surface area (Å²) in [6.45, 7) is 11.0. The lowest BCUT2D eigenvalue weighted by Crippen LogP contribution is -2.41. The Labute approximate surface area is 127 Å². The topological polar surface area (TPSA) is 12.0 Å². The minimum Gasteiger partial charge on any atom is -0.313 e. The summed E-state index contributed by atoms with van der Waals surface area (Å²) in [5, 5.41) is 3.95. The fourth-order valence-electron chi connectivity index (χ4n) is 4.51. The Kier molecular flexibility index (Phi) is 5.56. The summed E-state index contributed by atoms with van der Waals surface area (Å²) >= 11 is 0. The molecule has 20 heavy (non-hydrogen) atoms. The van der Waals surface area contributed by atoms with Gasteiger partial charge in [-0.15, -0.1) is 0 Å². The maximum absolute atomic E-state index is 3.95. The Morgan fingerprint density at radius 3 is 2.10 bits per heavy atom. The van der Waals surface area contributed by atoms with E-state index in [4.69, 9.17) is 0 Å². The van der Waals surface area contributed by atoms with Gasteiger partial charge >= 0.3 is 0 Å². The van der Waals surface area contributed by atoms with Gasteiger partial charge in [0.1, 0.15) is 0 Å². The summed E-state index contributed by atoms with van der Waals surface area (Å²) in [6.07, 6.45) is 14.3. The highest BCUT2D eigenvalue weighted by molar-refractivity contribution is 4.89. The first-order valence-electron chi connectivity index (χ1n) is 9.25. The molecule has 118 valence electrons. The van der Waals surface area contributed by atoms with Crippen molar-refractivity contribution in [3.8, 4) is 0 Å². The minimum atomic E-state index is 0.557. The Bertz CT molecular complexity index is 280. The molecule has 0 bridgehead atoms. The van der Waals surface area contributed by atoms with E-state index in [0.29, 0.717) is 10.8 Å². The van der Waals surface area contributed by atoms with Crippen LogP contribution < -0.4 is 5.32 Å². The Morgan fingerprint density at radius 2 is 1.60 bits per heavy atom. The second-order valence-electron chi connectivity index (χ2n) is 8.33. The molecule has 1 nitrogen and oxygen atoms in total. The van der Waals surface area contributed by atoms with Crippen LogP contribution in [0.15, 0.2) is 0 Å². The van der Waals surface area contributed by atoms with E-state index in [2.05, 4.69) is 33.0 Å². The Hall–Kier alpha value is -0.0400. The number of hydrogen-bond acceptors (Lipinski definition) is 1. The smallest absolute Gasteiger partial charge is 0.00675 e. The average molecular weight is 280 g/mol. The normalized spacial score (nSPS) is 30.6. The van der Waals surface area contributed by atoms with Gasteiger partial charge in [-0.3, -0.25) is 0 Å². The van der Waals surface area contributed by atoms with Gasteiger partial charge in [-0.2, -0.15) is 0 Å². The van der Waals surface area contributed by atoms with E-state index in [9.17, 15) is 0 Å². The molecule has 2 aliphatic carbocycles. The first kappa shape index (κ1) is 16.3. The molecule has 0 radical (unpaired) electrons. The highest BCUT2D eigenvalue weighted by Gasteiger charge is 2.34. The molecule has 0 unspecified atom stereocenters. The van der Waals surface area contributed by atoms with Crippen molar-refractivity contribution in [3.63, 3.8) is 0 Å². The van der Waals surface area contributed by atoms with Crippen molar-refractivity contribution in [1.29, 1.82) is 0 Å². The molecule has 0 aromatic rings. The zero-order valence-corrected chi connectivity index (χ0v) is 14.4. The molecule has 0 heterocycles. The van der Waals surface area contributed by atoms with Crippen molar-refractivity contribution in [2.45, 2.75) is 97.9 Å². The van der Waals surface area contributed by atoms with Gasteiger partial charge in [0.05, 0.1) is 0 Å². The summed E-state index contributed by atoms with van der Waals surface area (Å²) in [4.78, 5) is 0. The zero-order valence-electron chi connectivity index (χ0n) is 14.4. The van der Waals surface area contributed by atoms with Crippen molar-refractivity contribution in [2.24, 2.45) is 16.7 Å². The van der Waals surface area contributed by atoms with E-state index in [1.54, 1.807) is 0 Å². The first-order chi connectivity index (χ1) is 9.51. The van der Waals surface area contributed by atoms with Gasteiger partial charge in [0.25, 0.3) is 0 Å². The van der Waals surface area contributed by atoms with Gasteiger partial charge < -0.3 is 5.32 Å². The summed E-state index contributed by atoms with van der Waals surface area (Å²) in [5.74, 6) is 0.956. The largest absolute Gasteiger partial charge is 0.313 e. The van der Waals surface area contributed by atoms with Gasteiger partial charge in [0.15, 0.2) is 0 Å². The van der Waals surface area contributed by atoms with E-state index in [0.717, 1.165) is 12.0 Å². The third-order valence-electron chi connectivity index (χ3n) is 6.92. The third kappa shape index (κ3) is 3.78. The molecule has 0 spiro atoms. The first-order valence-corrected chi connectivity index (χ1v) is 9.25. The zero-order chi connectivity index (χ0) is 14.6. The summed E-state index contributed by atoms with van der Waals surface area (Å²) in [5.41, 5.74) is 1.21. The monoisotopic (exact) mass is 279 g/mol. The number of rotatable bonds is 6. The van der Waals surface area contributed by atoms with Crippen LogP contribution in [0.2, 0.25) is 0 Å². The van der Waals surface area contributed by atoms with Crippen molar-refractivity contribution in [1.82, 2.24) is 5.32 Å². The van der Waals surface area contributed by atoms with E-state index < -0.39 is 0 Å². The van der Waals surface area contributed by atoms with Crippen LogP contribution in [-0.2, 0) is 0 Å². The average Bonchev–Trinajstić information content (AvgIpc) is 2.95. The van der Waals surface area contributed by atoms with Crippen LogP contribution >= 0.6 is 0 Å².